The molecule has 1 rings (SSSR count). The van der Waals surface area contributed by atoms with E-state index in [1.165, 1.54) is 0 Å². The summed E-state index contributed by atoms with van der Waals surface area (Å²) in [6.07, 6.45) is 1.91. The number of amides is 2. The predicted octanol–water partition coefficient (Wildman–Crippen LogP) is 2.34. The molecule has 0 fully saturated rings. The lowest BCUT2D eigenvalue weighted by Crippen LogP contribution is -2.44. The van der Waals surface area contributed by atoms with Gasteiger partial charge in [0.25, 0.3) is 5.91 Å². The van der Waals surface area contributed by atoms with Gasteiger partial charge in [-0.15, -0.1) is 0 Å². The molecule has 0 aliphatic heterocycles. The fourth-order valence-electron chi connectivity index (χ4n) is 2.45. The highest BCUT2D eigenvalue weighted by Crippen LogP contribution is 2.29. The van der Waals surface area contributed by atoms with E-state index in [2.05, 4.69) is 5.32 Å². The Kier molecular flexibility index (Phi) is 6.33. The number of hydrogen-bond acceptors (Lipinski definition) is 3. The Hall–Kier alpha value is -1.88. The standard InChI is InChI=1S/C18H29N3O2/c1-17(2,11-15(20)22)9-10-18(3,4)21-16(23)14-7-5-13(12-19)6-8-14/h5-8H,9-12,19H2,1-4H3,(H2,20,22)(H,21,23). The fourth-order valence-corrected chi connectivity index (χ4v) is 2.45. The van der Waals surface area contributed by atoms with Gasteiger partial charge in [0.05, 0.1) is 0 Å². The average Bonchev–Trinajstić information content (AvgIpc) is 2.44. The molecular formula is C18H29N3O2. The van der Waals surface area contributed by atoms with Crippen molar-refractivity contribution >= 4 is 11.8 Å². The Balaban J connectivity index is 2.62. The van der Waals surface area contributed by atoms with Crippen molar-refractivity contribution in [2.75, 3.05) is 0 Å². The molecule has 0 radical (unpaired) electrons. The fraction of sp³-hybridized carbons (Fsp3) is 0.556. The molecule has 128 valence electrons. The van der Waals surface area contributed by atoms with Crippen molar-refractivity contribution in [1.29, 1.82) is 0 Å². The predicted molar refractivity (Wildman–Crippen MR) is 92.7 cm³/mol. The number of primary amides is 1. The van der Waals surface area contributed by atoms with Gasteiger partial charge in [-0.3, -0.25) is 9.59 Å². The third-order valence-electron chi connectivity index (χ3n) is 3.98. The molecule has 0 bridgehead atoms. The highest BCUT2D eigenvalue weighted by Gasteiger charge is 2.27. The minimum Gasteiger partial charge on any atom is -0.370 e. The second kappa shape index (κ2) is 7.59. The molecule has 23 heavy (non-hydrogen) atoms. The summed E-state index contributed by atoms with van der Waals surface area (Å²) in [6.45, 7) is 8.46. The number of nitrogens with two attached hydrogens (primary N) is 2. The number of carbonyl (C=O) groups is 2. The van der Waals surface area contributed by atoms with E-state index in [0.717, 1.165) is 18.4 Å². The molecule has 0 saturated carbocycles. The summed E-state index contributed by atoms with van der Waals surface area (Å²) in [5, 5.41) is 3.05. The summed E-state index contributed by atoms with van der Waals surface area (Å²) in [4.78, 5) is 23.4. The van der Waals surface area contributed by atoms with Gasteiger partial charge in [-0.1, -0.05) is 26.0 Å². The van der Waals surface area contributed by atoms with E-state index in [4.69, 9.17) is 11.5 Å². The number of carbonyl (C=O) groups excluding carboxylic acids is 2. The normalized spacial score (nSPS) is 12.0. The maximum Gasteiger partial charge on any atom is 0.251 e. The molecule has 1 aromatic carbocycles. The molecular weight excluding hydrogens is 290 g/mol. The monoisotopic (exact) mass is 319 g/mol. The van der Waals surface area contributed by atoms with Gasteiger partial charge in [-0.25, -0.2) is 0 Å². The van der Waals surface area contributed by atoms with Crippen LogP contribution in [0.5, 0.6) is 0 Å². The van der Waals surface area contributed by atoms with Crippen molar-refractivity contribution in [3.8, 4) is 0 Å². The molecule has 5 nitrogen and oxygen atoms in total. The Labute approximate surface area is 138 Å². The van der Waals surface area contributed by atoms with Crippen LogP contribution in [-0.4, -0.2) is 17.4 Å². The van der Waals surface area contributed by atoms with Crippen LogP contribution >= 0.6 is 0 Å². The Morgan fingerprint density at radius 2 is 1.61 bits per heavy atom. The van der Waals surface area contributed by atoms with Gasteiger partial charge in [0.2, 0.25) is 5.91 Å². The van der Waals surface area contributed by atoms with Gasteiger partial charge in [-0.05, 0) is 49.8 Å². The number of rotatable bonds is 8. The van der Waals surface area contributed by atoms with Crippen LogP contribution in [0.15, 0.2) is 24.3 Å². The molecule has 1 aromatic rings. The second-order valence-electron chi connectivity index (χ2n) is 7.55. The topological polar surface area (TPSA) is 98.2 Å². The third-order valence-corrected chi connectivity index (χ3v) is 3.98. The van der Waals surface area contributed by atoms with Crippen molar-refractivity contribution < 1.29 is 9.59 Å². The van der Waals surface area contributed by atoms with E-state index in [1.54, 1.807) is 12.1 Å². The molecule has 0 saturated heterocycles. The zero-order chi connectivity index (χ0) is 17.7. The van der Waals surface area contributed by atoms with Crippen LogP contribution in [0.2, 0.25) is 0 Å². The maximum atomic E-state index is 12.3. The molecule has 0 aliphatic carbocycles. The Morgan fingerprint density at radius 1 is 1.04 bits per heavy atom. The lowest BCUT2D eigenvalue weighted by atomic mass is 9.80. The van der Waals surface area contributed by atoms with Crippen molar-refractivity contribution in [3.63, 3.8) is 0 Å². The number of nitrogens with one attached hydrogen (secondary N) is 1. The molecule has 0 aromatic heterocycles. The van der Waals surface area contributed by atoms with Crippen LogP contribution in [0.4, 0.5) is 0 Å². The first-order valence-corrected chi connectivity index (χ1v) is 7.94. The van der Waals surface area contributed by atoms with Crippen LogP contribution in [0.3, 0.4) is 0 Å². The minimum atomic E-state index is -0.363. The van der Waals surface area contributed by atoms with Crippen molar-refractivity contribution in [2.45, 2.75) is 59.0 Å². The molecule has 5 heteroatoms. The summed E-state index contributed by atoms with van der Waals surface area (Å²) in [6, 6.07) is 7.28. The zero-order valence-corrected chi connectivity index (χ0v) is 14.6. The van der Waals surface area contributed by atoms with Gasteiger partial charge in [-0.2, -0.15) is 0 Å². The van der Waals surface area contributed by atoms with Crippen molar-refractivity contribution in [1.82, 2.24) is 5.32 Å². The summed E-state index contributed by atoms with van der Waals surface area (Å²) < 4.78 is 0. The van der Waals surface area contributed by atoms with Gasteiger partial charge in [0, 0.05) is 24.1 Å². The van der Waals surface area contributed by atoms with Crippen LogP contribution < -0.4 is 16.8 Å². The lowest BCUT2D eigenvalue weighted by Gasteiger charge is -2.31. The van der Waals surface area contributed by atoms with Gasteiger partial charge < -0.3 is 16.8 Å². The van der Waals surface area contributed by atoms with E-state index in [1.807, 2.05) is 39.8 Å². The summed E-state index contributed by atoms with van der Waals surface area (Å²) in [7, 11) is 0. The van der Waals surface area contributed by atoms with Gasteiger partial charge >= 0.3 is 0 Å². The smallest absolute Gasteiger partial charge is 0.251 e. The average molecular weight is 319 g/mol. The van der Waals surface area contributed by atoms with Crippen molar-refractivity contribution in [3.05, 3.63) is 35.4 Å². The molecule has 0 unspecified atom stereocenters. The first-order valence-electron chi connectivity index (χ1n) is 7.94. The third kappa shape index (κ3) is 6.82. The first kappa shape index (κ1) is 19.2. The molecule has 0 atom stereocenters. The molecule has 0 aliphatic rings. The van der Waals surface area contributed by atoms with Crippen LogP contribution in [0, 0.1) is 5.41 Å². The zero-order valence-electron chi connectivity index (χ0n) is 14.6. The van der Waals surface area contributed by atoms with E-state index >= 15 is 0 Å². The van der Waals surface area contributed by atoms with Crippen molar-refractivity contribution in [2.24, 2.45) is 16.9 Å². The molecule has 2 amide bonds. The first-order chi connectivity index (χ1) is 10.5. The Bertz CT molecular complexity index is 548. The molecule has 0 heterocycles. The maximum absolute atomic E-state index is 12.3. The van der Waals surface area contributed by atoms with E-state index in [0.29, 0.717) is 18.5 Å². The van der Waals surface area contributed by atoms with Gasteiger partial charge in [0.1, 0.15) is 0 Å². The summed E-state index contributed by atoms with van der Waals surface area (Å²) in [5.41, 5.74) is 11.9. The number of benzene rings is 1. The Morgan fingerprint density at radius 3 is 2.09 bits per heavy atom. The quantitative estimate of drug-likeness (QED) is 0.686. The number of hydrogen-bond donors (Lipinski definition) is 3. The van der Waals surface area contributed by atoms with E-state index in [9.17, 15) is 9.59 Å². The van der Waals surface area contributed by atoms with Crippen LogP contribution in [-0.2, 0) is 11.3 Å². The van der Waals surface area contributed by atoms with E-state index < -0.39 is 0 Å². The molecule has 0 spiro atoms. The second-order valence-corrected chi connectivity index (χ2v) is 7.55. The van der Waals surface area contributed by atoms with Crippen LogP contribution in [0.1, 0.15) is 62.9 Å². The van der Waals surface area contributed by atoms with E-state index in [-0.39, 0.29) is 22.8 Å². The highest BCUT2D eigenvalue weighted by atomic mass is 16.2. The highest BCUT2D eigenvalue weighted by molar-refractivity contribution is 5.94. The minimum absolute atomic E-state index is 0.105. The largest absolute Gasteiger partial charge is 0.370 e. The summed E-state index contributed by atoms with van der Waals surface area (Å²) in [5.74, 6) is -0.400. The van der Waals surface area contributed by atoms with Crippen LogP contribution in [0.25, 0.3) is 0 Å². The summed E-state index contributed by atoms with van der Waals surface area (Å²) >= 11 is 0. The SMILES string of the molecule is CC(C)(CCC(C)(C)NC(=O)c1ccc(CN)cc1)CC(N)=O. The molecule has 5 N–H and O–H groups in total. The van der Waals surface area contributed by atoms with Gasteiger partial charge in [0.15, 0.2) is 0 Å². The lowest BCUT2D eigenvalue weighted by molar-refractivity contribution is -0.120.